The first-order valence-electron chi connectivity index (χ1n) is 8.26. The lowest BCUT2D eigenvalue weighted by atomic mass is 9.99. The van der Waals surface area contributed by atoms with Crippen LogP contribution in [0.4, 0.5) is 0 Å². The summed E-state index contributed by atoms with van der Waals surface area (Å²) in [5.74, 6) is 1.90. The first kappa shape index (κ1) is 17.0. The SMILES string of the molecule is CCn1c(C)nnc1CN1CCC(NC(C)=O)(c2nc(C)cs2)C1. The predicted octanol–water partition coefficient (Wildman–Crippen LogP) is 1.61. The van der Waals surface area contributed by atoms with E-state index in [9.17, 15) is 4.79 Å². The average Bonchev–Trinajstić information content (AvgIpc) is 3.20. The van der Waals surface area contributed by atoms with Crippen LogP contribution < -0.4 is 5.32 Å². The molecule has 1 saturated heterocycles. The van der Waals surface area contributed by atoms with Gasteiger partial charge in [0.25, 0.3) is 0 Å². The minimum atomic E-state index is -0.392. The number of rotatable bonds is 5. The molecule has 0 bridgehead atoms. The van der Waals surface area contributed by atoms with Gasteiger partial charge in [0.1, 0.15) is 22.2 Å². The van der Waals surface area contributed by atoms with E-state index in [2.05, 4.69) is 36.9 Å². The van der Waals surface area contributed by atoms with Crippen molar-refractivity contribution in [2.45, 2.75) is 52.7 Å². The first-order chi connectivity index (χ1) is 11.4. The standard InChI is InChI=1S/C16H24N6OS/c1-5-22-12(3)19-20-14(22)8-21-7-6-16(10-21,18-13(4)23)15-17-11(2)9-24-15/h9H,5-8,10H2,1-4H3,(H,18,23). The van der Waals surface area contributed by atoms with E-state index in [1.807, 2.05) is 19.2 Å². The third-order valence-electron chi connectivity index (χ3n) is 4.49. The van der Waals surface area contributed by atoms with Crippen LogP contribution in [0.25, 0.3) is 0 Å². The zero-order valence-electron chi connectivity index (χ0n) is 14.7. The first-order valence-corrected chi connectivity index (χ1v) is 9.14. The van der Waals surface area contributed by atoms with Gasteiger partial charge < -0.3 is 9.88 Å². The van der Waals surface area contributed by atoms with Crippen molar-refractivity contribution in [3.63, 3.8) is 0 Å². The van der Waals surface area contributed by atoms with Crippen molar-refractivity contribution < 1.29 is 4.79 Å². The molecule has 1 aliphatic rings. The number of carbonyl (C=O) groups excluding carboxylic acids is 1. The molecule has 0 saturated carbocycles. The number of aryl methyl sites for hydroxylation is 2. The number of amides is 1. The Labute approximate surface area is 146 Å². The van der Waals surface area contributed by atoms with E-state index in [0.29, 0.717) is 0 Å². The molecule has 3 heterocycles. The summed E-state index contributed by atoms with van der Waals surface area (Å²) in [5.41, 5.74) is 0.608. The molecule has 1 amide bonds. The molecule has 1 fully saturated rings. The number of nitrogens with zero attached hydrogens (tertiary/aromatic N) is 5. The molecule has 2 aromatic rings. The summed E-state index contributed by atoms with van der Waals surface area (Å²) in [4.78, 5) is 18.7. The number of aromatic nitrogens is 4. The van der Waals surface area contributed by atoms with Crippen LogP contribution in [0.3, 0.4) is 0 Å². The molecule has 0 aliphatic carbocycles. The van der Waals surface area contributed by atoms with Gasteiger partial charge in [-0.15, -0.1) is 21.5 Å². The van der Waals surface area contributed by atoms with Gasteiger partial charge in [0, 0.05) is 37.6 Å². The average molecular weight is 348 g/mol. The fourth-order valence-corrected chi connectivity index (χ4v) is 4.39. The number of hydrogen-bond donors (Lipinski definition) is 1. The van der Waals surface area contributed by atoms with E-state index in [1.165, 1.54) is 0 Å². The molecule has 24 heavy (non-hydrogen) atoms. The molecule has 7 nitrogen and oxygen atoms in total. The molecule has 0 spiro atoms. The van der Waals surface area contributed by atoms with E-state index in [1.54, 1.807) is 18.3 Å². The van der Waals surface area contributed by atoms with E-state index < -0.39 is 5.54 Å². The van der Waals surface area contributed by atoms with Gasteiger partial charge in [-0.3, -0.25) is 9.69 Å². The number of likely N-dealkylation sites (tertiary alicyclic amines) is 1. The number of thiazole rings is 1. The molecule has 0 aromatic carbocycles. The molecule has 2 aromatic heterocycles. The lowest BCUT2D eigenvalue weighted by Gasteiger charge is -2.28. The maximum absolute atomic E-state index is 11.8. The second-order valence-corrected chi connectivity index (χ2v) is 7.28. The van der Waals surface area contributed by atoms with Crippen molar-refractivity contribution in [1.29, 1.82) is 0 Å². The summed E-state index contributed by atoms with van der Waals surface area (Å²) < 4.78 is 2.13. The van der Waals surface area contributed by atoms with Gasteiger partial charge in [0.15, 0.2) is 0 Å². The summed E-state index contributed by atoms with van der Waals surface area (Å²) in [6.07, 6.45) is 0.860. The Bertz CT molecular complexity index is 739. The van der Waals surface area contributed by atoms with Crippen molar-refractivity contribution >= 4 is 17.2 Å². The highest BCUT2D eigenvalue weighted by Crippen LogP contribution is 2.34. The van der Waals surface area contributed by atoms with E-state index in [0.717, 1.165) is 55.0 Å². The Morgan fingerprint density at radius 2 is 2.21 bits per heavy atom. The van der Waals surface area contributed by atoms with Crippen molar-refractivity contribution in [2.24, 2.45) is 0 Å². The minimum Gasteiger partial charge on any atom is -0.343 e. The molecule has 3 rings (SSSR count). The van der Waals surface area contributed by atoms with Crippen LogP contribution in [-0.2, 0) is 23.4 Å². The summed E-state index contributed by atoms with van der Waals surface area (Å²) in [6.45, 7) is 10.9. The molecule has 130 valence electrons. The zero-order chi connectivity index (χ0) is 17.3. The van der Waals surface area contributed by atoms with Crippen LogP contribution in [0.5, 0.6) is 0 Å². The highest BCUT2D eigenvalue weighted by molar-refractivity contribution is 7.09. The van der Waals surface area contributed by atoms with Crippen LogP contribution in [0.15, 0.2) is 5.38 Å². The van der Waals surface area contributed by atoms with Crippen molar-refractivity contribution in [1.82, 2.24) is 30.0 Å². The van der Waals surface area contributed by atoms with Gasteiger partial charge in [0.05, 0.1) is 6.54 Å². The highest BCUT2D eigenvalue weighted by Gasteiger charge is 2.43. The maximum Gasteiger partial charge on any atom is 0.217 e. The third-order valence-corrected chi connectivity index (χ3v) is 5.65. The quantitative estimate of drug-likeness (QED) is 0.888. The Kier molecular flexibility index (Phi) is 4.69. The van der Waals surface area contributed by atoms with Gasteiger partial charge in [-0.2, -0.15) is 0 Å². The van der Waals surface area contributed by atoms with Crippen LogP contribution in [0.2, 0.25) is 0 Å². The van der Waals surface area contributed by atoms with Gasteiger partial charge in [-0.25, -0.2) is 4.98 Å². The molecule has 1 aliphatic heterocycles. The van der Waals surface area contributed by atoms with Gasteiger partial charge in [-0.1, -0.05) is 0 Å². The Morgan fingerprint density at radius 1 is 1.42 bits per heavy atom. The topological polar surface area (TPSA) is 75.9 Å². The van der Waals surface area contributed by atoms with Crippen LogP contribution in [-0.4, -0.2) is 43.6 Å². The molecule has 1 atom stereocenters. The Hall–Kier alpha value is -1.80. The summed E-state index contributed by atoms with van der Waals surface area (Å²) in [5, 5.41) is 14.7. The lowest BCUT2D eigenvalue weighted by molar-refractivity contribution is -0.120. The van der Waals surface area contributed by atoms with Crippen molar-refractivity contribution in [2.75, 3.05) is 13.1 Å². The fourth-order valence-electron chi connectivity index (χ4n) is 3.42. The smallest absolute Gasteiger partial charge is 0.217 e. The molecular weight excluding hydrogens is 324 g/mol. The summed E-state index contributed by atoms with van der Waals surface area (Å²) in [6, 6.07) is 0. The largest absolute Gasteiger partial charge is 0.343 e. The van der Waals surface area contributed by atoms with E-state index >= 15 is 0 Å². The van der Waals surface area contributed by atoms with E-state index in [-0.39, 0.29) is 5.91 Å². The van der Waals surface area contributed by atoms with Crippen LogP contribution in [0.1, 0.15) is 42.6 Å². The fraction of sp³-hybridized carbons (Fsp3) is 0.625. The monoisotopic (exact) mass is 348 g/mol. The normalized spacial score (nSPS) is 21.3. The van der Waals surface area contributed by atoms with E-state index in [4.69, 9.17) is 0 Å². The summed E-state index contributed by atoms with van der Waals surface area (Å²) >= 11 is 1.62. The third kappa shape index (κ3) is 3.21. The second-order valence-electron chi connectivity index (χ2n) is 6.43. The Balaban J connectivity index is 1.81. The maximum atomic E-state index is 11.8. The molecule has 0 radical (unpaired) electrons. The molecule has 8 heteroatoms. The van der Waals surface area contributed by atoms with Gasteiger partial charge >= 0.3 is 0 Å². The van der Waals surface area contributed by atoms with Crippen LogP contribution in [0, 0.1) is 13.8 Å². The summed E-state index contributed by atoms with van der Waals surface area (Å²) in [7, 11) is 0. The predicted molar refractivity (Wildman–Crippen MR) is 92.7 cm³/mol. The Morgan fingerprint density at radius 3 is 2.83 bits per heavy atom. The minimum absolute atomic E-state index is 0.0164. The van der Waals surface area contributed by atoms with Crippen LogP contribution >= 0.6 is 11.3 Å². The molecular formula is C16H24N6OS. The highest BCUT2D eigenvalue weighted by atomic mass is 32.1. The van der Waals surface area contributed by atoms with Crippen molar-refractivity contribution in [3.05, 3.63) is 27.7 Å². The number of carbonyl (C=O) groups is 1. The number of nitrogens with one attached hydrogen (secondary N) is 1. The zero-order valence-corrected chi connectivity index (χ0v) is 15.5. The molecule has 1 N–H and O–H groups in total. The van der Waals surface area contributed by atoms with Gasteiger partial charge in [0.2, 0.25) is 5.91 Å². The number of hydrogen-bond acceptors (Lipinski definition) is 6. The van der Waals surface area contributed by atoms with Gasteiger partial charge in [-0.05, 0) is 27.2 Å². The molecule has 1 unspecified atom stereocenters. The lowest BCUT2D eigenvalue weighted by Crippen LogP contribution is -2.47. The second kappa shape index (κ2) is 6.60. The van der Waals surface area contributed by atoms with Crippen molar-refractivity contribution in [3.8, 4) is 0 Å².